The molecular formula is C22H10BrClN2OS. The van der Waals surface area contributed by atoms with Gasteiger partial charge in [-0.25, -0.2) is 9.97 Å². The number of furan rings is 1. The van der Waals surface area contributed by atoms with Gasteiger partial charge in [0.15, 0.2) is 0 Å². The molecule has 6 heteroatoms. The second-order valence-corrected chi connectivity index (χ2v) is 8.88. The van der Waals surface area contributed by atoms with Crippen LogP contribution in [0.25, 0.3) is 53.5 Å². The standard InChI is InChI=1S/C22H10BrClN2OS/c23-12-6-7-14-18(10-12)28-21-19(25-22(24)26-20(14)21)11-5-8-17-15(9-11)13-3-1-2-4-16(13)27-17/h1-10H. The molecule has 3 nitrogen and oxygen atoms in total. The zero-order chi connectivity index (χ0) is 18.8. The summed E-state index contributed by atoms with van der Waals surface area (Å²) >= 11 is 11.5. The predicted octanol–water partition coefficient (Wildman–Crippen LogP) is 7.83. The summed E-state index contributed by atoms with van der Waals surface area (Å²) in [6.07, 6.45) is 0. The highest BCUT2D eigenvalue weighted by atomic mass is 79.9. The fourth-order valence-corrected chi connectivity index (χ4v) is 5.53. The Morgan fingerprint density at radius 2 is 1.71 bits per heavy atom. The molecule has 0 amide bonds. The van der Waals surface area contributed by atoms with Gasteiger partial charge in [0.05, 0.1) is 15.9 Å². The number of para-hydroxylation sites is 1. The molecule has 0 radical (unpaired) electrons. The number of hydrogen-bond acceptors (Lipinski definition) is 4. The Morgan fingerprint density at radius 3 is 2.64 bits per heavy atom. The second-order valence-electron chi connectivity index (χ2n) is 6.57. The molecule has 0 aliphatic rings. The molecule has 6 aromatic rings. The second kappa shape index (κ2) is 6.01. The predicted molar refractivity (Wildman–Crippen MR) is 120 cm³/mol. The molecular weight excluding hydrogens is 456 g/mol. The summed E-state index contributed by atoms with van der Waals surface area (Å²) in [6, 6.07) is 20.4. The minimum atomic E-state index is 0.252. The number of halogens is 2. The van der Waals surface area contributed by atoms with Gasteiger partial charge in [-0.1, -0.05) is 40.2 Å². The first-order valence-corrected chi connectivity index (χ1v) is 10.6. The van der Waals surface area contributed by atoms with E-state index >= 15 is 0 Å². The van der Waals surface area contributed by atoms with Crippen LogP contribution < -0.4 is 0 Å². The van der Waals surface area contributed by atoms with Crippen molar-refractivity contribution in [3.05, 3.63) is 70.4 Å². The van der Waals surface area contributed by atoms with Gasteiger partial charge in [-0.05, 0) is 48.0 Å². The fraction of sp³-hybridized carbons (Fsp3) is 0. The van der Waals surface area contributed by atoms with Gasteiger partial charge >= 0.3 is 0 Å². The number of rotatable bonds is 1. The van der Waals surface area contributed by atoms with Crippen LogP contribution >= 0.6 is 38.9 Å². The highest BCUT2D eigenvalue weighted by Gasteiger charge is 2.16. The summed E-state index contributed by atoms with van der Waals surface area (Å²) in [5.41, 5.74) is 4.48. The molecule has 0 spiro atoms. The lowest BCUT2D eigenvalue weighted by atomic mass is 10.1. The molecule has 0 unspecified atom stereocenters. The van der Waals surface area contributed by atoms with E-state index in [-0.39, 0.29) is 5.28 Å². The monoisotopic (exact) mass is 464 g/mol. The van der Waals surface area contributed by atoms with Crippen LogP contribution in [0.5, 0.6) is 0 Å². The van der Waals surface area contributed by atoms with E-state index in [2.05, 4.69) is 50.2 Å². The van der Waals surface area contributed by atoms with Crippen molar-refractivity contribution in [3.63, 3.8) is 0 Å². The van der Waals surface area contributed by atoms with Gasteiger partial charge in [-0.3, -0.25) is 0 Å². The maximum absolute atomic E-state index is 6.31. The van der Waals surface area contributed by atoms with Crippen molar-refractivity contribution in [1.29, 1.82) is 0 Å². The molecule has 0 atom stereocenters. The number of benzene rings is 3. The van der Waals surface area contributed by atoms with E-state index in [4.69, 9.17) is 16.0 Å². The molecule has 0 fully saturated rings. The molecule has 0 N–H and O–H groups in total. The zero-order valence-corrected chi connectivity index (χ0v) is 17.4. The summed E-state index contributed by atoms with van der Waals surface area (Å²) in [6.45, 7) is 0. The van der Waals surface area contributed by atoms with Crippen LogP contribution in [0.4, 0.5) is 0 Å². The first-order chi connectivity index (χ1) is 13.7. The maximum atomic E-state index is 6.31. The van der Waals surface area contributed by atoms with Gasteiger partial charge in [0.1, 0.15) is 11.2 Å². The minimum Gasteiger partial charge on any atom is -0.456 e. The summed E-state index contributed by atoms with van der Waals surface area (Å²) in [7, 11) is 0. The first-order valence-electron chi connectivity index (χ1n) is 8.64. The first kappa shape index (κ1) is 16.5. The molecule has 0 aliphatic heterocycles. The minimum absolute atomic E-state index is 0.252. The molecule has 28 heavy (non-hydrogen) atoms. The number of nitrogens with zero attached hydrogens (tertiary/aromatic N) is 2. The highest BCUT2D eigenvalue weighted by molar-refractivity contribution is 9.10. The number of hydrogen-bond donors (Lipinski definition) is 0. The van der Waals surface area contributed by atoms with Gasteiger partial charge in [0.25, 0.3) is 0 Å². The quantitative estimate of drug-likeness (QED) is 0.232. The van der Waals surface area contributed by atoms with Crippen molar-refractivity contribution < 1.29 is 4.42 Å². The highest BCUT2D eigenvalue weighted by Crippen LogP contribution is 2.41. The van der Waals surface area contributed by atoms with Crippen molar-refractivity contribution in [2.45, 2.75) is 0 Å². The molecule has 134 valence electrons. The van der Waals surface area contributed by atoms with Crippen molar-refractivity contribution in [2.75, 3.05) is 0 Å². The molecule has 6 rings (SSSR count). The Balaban J connectivity index is 1.69. The lowest BCUT2D eigenvalue weighted by Gasteiger charge is -2.03. The topological polar surface area (TPSA) is 38.9 Å². The fourth-order valence-electron chi connectivity index (χ4n) is 3.66. The van der Waals surface area contributed by atoms with Gasteiger partial charge in [-0.15, -0.1) is 11.3 Å². The SMILES string of the molecule is Clc1nc(-c2ccc3oc4ccccc4c3c2)c2sc3cc(Br)ccc3c2n1. The van der Waals surface area contributed by atoms with Crippen LogP contribution in [0.15, 0.2) is 69.6 Å². The molecule has 3 aromatic heterocycles. The average molecular weight is 466 g/mol. The molecule has 3 aromatic carbocycles. The third-order valence-corrected chi connectivity index (χ3v) is 6.71. The van der Waals surface area contributed by atoms with E-state index in [1.807, 2.05) is 36.4 Å². The summed E-state index contributed by atoms with van der Waals surface area (Å²) in [4.78, 5) is 9.10. The van der Waals surface area contributed by atoms with Crippen LogP contribution in [0.1, 0.15) is 0 Å². The molecule has 3 heterocycles. The number of thiophene rings is 1. The van der Waals surface area contributed by atoms with E-state index in [0.717, 1.165) is 58.0 Å². The van der Waals surface area contributed by atoms with Crippen molar-refractivity contribution in [1.82, 2.24) is 9.97 Å². The molecule has 0 saturated carbocycles. The third kappa shape index (κ3) is 2.40. The van der Waals surface area contributed by atoms with Crippen LogP contribution in [0, 0.1) is 0 Å². The normalized spacial score (nSPS) is 11.9. The Morgan fingerprint density at radius 1 is 0.857 bits per heavy atom. The van der Waals surface area contributed by atoms with E-state index < -0.39 is 0 Å². The zero-order valence-electron chi connectivity index (χ0n) is 14.2. The molecule has 0 saturated heterocycles. The van der Waals surface area contributed by atoms with Crippen molar-refractivity contribution in [3.8, 4) is 11.3 Å². The third-order valence-electron chi connectivity index (χ3n) is 4.90. The lowest BCUT2D eigenvalue weighted by Crippen LogP contribution is -1.88. The van der Waals surface area contributed by atoms with Gasteiger partial charge < -0.3 is 4.42 Å². The van der Waals surface area contributed by atoms with E-state index in [9.17, 15) is 0 Å². The van der Waals surface area contributed by atoms with E-state index in [1.165, 1.54) is 0 Å². The van der Waals surface area contributed by atoms with Crippen molar-refractivity contribution in [2.24, 2.45) is 0 Å². The van der Waals surface area contributed by atoms with Crippen LogP contribution in [0.2, 0.25) is 5.28 Å². The van der Waals surface area contributed by atoms with Crippen molar-refractivity contribution >= 4 is 81.1 Å². The Labute approximate surface area is 176 Å². The summed E-state index contributed by atoms with van der Waals surface area (Å²) in [5, 5.41) is 3.50. The molecule has 0 aliphatic carbocycles. The van der Waals surface area contributed by atoms with Gasteiger partial charge in [-0.2, -0.15) is 0 Å². The summed E-state index contributed by atoms with van der Waals surface area (Å²) < 4.78 is 9.18. The Kier molecular flexibility index (Phi) is 3.54. The number of fused-ring (bicyclic) bond motifs is 6. The van der Waals surface area contributed by atoms with E-state index in [1.54, 1.807) is 11.3 Å². The van der Waals surface area contributed by atoms with E-state index in [0.29, 0.717) is 0 Å². The van der Waals surface area contributed by atoms with Crippen LogP contribution in [0.3, 0.4) is 0 Å². The number of aromatic nitrogens is 2. The largest absolute Gasteiger partial charge is 0.456 e. The average Bonchev–Trinajstić information content (AvgIpc) is 3.24. The smallest absolute Gasteiger partial charge is 0.223 e. The summed E-state index contributed by atoms with van der Waals surface area (Å²) in [5.74, 6) is 0. The Bertz CT molecular complexity index is 1550. The lowest BCUT2D eigenvalue weighted by molar-refractivity contribution is 0.669. The Hall–Kier alpha value is -2.47. The maximum Gasteiger partial charge on any atom is 0.223 e. The van der Waals surface area contributed by atoms with Gasteiger partial charge in [0.2, 0.25) is 5.28 Å². The van der Waals surface area contributed by atoms with Gasteiger partial charge in [0, 0.05) is 30.9 Å². The molecule has 0 bridgehead atoms. The van der Waals surface area contributed by atoms with Crippen LogP contribution in [-0.4, -0.2) is 9.97 Å². The van der Waals surface area contributed by atoms with Crippen LogP contribution in [-0.2, 0) is 0 Å².